The molecule has 0 heterocycles. The minimum Gasteiger partial charge on any atom is -0.460 e. The number of amides is 1. The van der Waals surface area contributed by atoms with Crippen LogP contribution >= 0.6 is 0 Å². The lowest BCUT2D eigenvalue weighted by atomic mass is 10.1. The number of hydrogen-bond acceptors (Lipinski definition) is 5. The van der Waals surface area contributed by atoms with Crippen molar-refractivity contribution >= 4 is 12.1 Å². The third kappa shape index (κ3) is 9.07. The first-order valence-corrected chi connectivity index (χ1v) is 6.32. The first kappa shape index (κ1) is 17.4. The van der Waals surface area contributed by atoms with Crippen molar-refractivity contribution in [3.05, 3.63) is 12.2 Å². The number of hydrogen-bond donors (Lipinski definition) is 2. The number of nitrogens with one attached hydrogen (secondary N) is 1. The molecule has 0 bridgehead atoms. The molecule has 0 aliphatic rings. The van der Waals surface area contributed by atoms with E-state index in [2.05, 4.69) is 11.9 Å². The zero-order valence-corrected chi connectivity index (χ0v) is 11.8. The number of alkyl carbamates (subject to hydrolysis) is 1. The van der Waals surface area contributed by atoms with Crippen molar-refractivity contribution in [3.63, 3.8) is 0 Å². The summed E-state index contributed by atoms with van der Waals surface area (Å²) in [5, 5.41) is 11.8. The van der Waals surface area contributed by atoms with Crippen molar-refractivity contribution in [2.24, 2.45) is 0 Å². The molecule has 0 aliphatic carbocycles. The van der Waals surface area contributed by atoms with E-state index < -0.39 is 18.2 Å². The van der Waals surface area contributed by atoms with E-state index in [1.807, 2.05) is 6.92 Å². The van der Waals surface area contributed by atoms with Crippen LogP contribution in [0.1, 0.15) is 33.6 Å². The van der Waals surface area contributed by atoms with Crippen LogP contribution in [-0.4, -0.2) is 42.5 Å². The summed E-state index contributed by atoms with van der Waals surface area (Å²) in [6, 6.07) is 0. The molecule has 2 atom stereocenters. The second kappa shape index (κ2) is 9.38. The fourth-order valence-corrected chi connectivity index (χ4v) is 1.24. The lowest BCUT2D eigenvalue weighted by molar-refractivity contribution is -0.138. The van der Waals surface area contributed by atoms with Crippen LogP contribution in [0.4, 0.5) is 4.79 Å². The van der Waals surface area contributed by atoms with Crippen LogP contribution < -0.4 is 5.32 Å². The number of aliphatic hydroxyl groups is 1. The van der Waals surface area contributed by atoms with Crippen LogP contribution in [0.2, 0.25) is 0 Å². The molecule has 0 aromatic heterocycles. The third-order valence-electron chi connectivity index (χ3n) is 2.34. The summed E-state index contributed by atoms with van der Waals surface area (Å²) in [7, 11) is 0. The van der Waals surface area contributed by atoms with Crippen molar-refractivity contribution in [2.45, 2.75) is 45.8 Å². The molecule has 0 aliphatic heterocycles. The molecular weight excluding hydrogens is 250 g/mol. The number of rotatable bonds is 8. The SMILES string of the molecule is C=C(C)C(=O)OCCNC(=O)OC(C)CC(O)CC. The van der Waals surface area contributed by atoms with Gasteiger partial charge in [0, 0.05) is 12.0 Å². The van der Waals surface area contributed by atoms with Gasteiger partial charge in [-0.1, -0.05) is 13.5 Å². The number of carbonyl (C=O) groups is 2. The lowest BCUT2D eigenvalue weighted by Gasteiger charge is -2.16. The fraction of sp³-hybridized carbons (Fsp3) is 0.692. The molecule has 2 unspecified atom stereocenters. The predicted molar refractivity (Wildman–Crippen MR) is 70.6 cm³/mol. The smallest absolute Gasteiger partial charge is 0.407 e. The van der Waals surface area contributed by atoms with E-state index in [0.29, 0.717) is 18.4 Å². The molecule has 0 radical (unpaired) electrons. The largest absolute Gasteiger partial charge is 0.460 e. The molecule has 6 heteroatoms. The van der Waals surface area contributed by atoms with Crippen molar-refractivity contribution in [2.75, 3.05) is 13.2 Å². The molecule has 0 saturated carbocycles. The van der Waals surface area contributed by atoms with Crippen molar-refractivity contribution in [1.29, 1.82) is 0 Å². The van der Waals surface area contributed by atoms with Crippen LogP contribution in [-0.2, 0) is 14.3 Å². The standard InChI is InChI=1S/C13H23NO5/c1-5-11(15)8-10(4)19-13(17)14-6-7-18-12(16)9(2)3/h10-11,15H,2,5-8H2,1,3-4H3,(H,14,17). The fourth-order valence-electron chi connectivity index (χ4n) is 1.24. The Kier molecular flexibility index (Phi) is 8.61. The predicted octanol–water partition coefficient (Wildman–Crippen LogP) is 1.38. The highest BCUT2D eigenvalue weighted by Crippen LogP contribution is 2.05. The van der Waals surface area contributed by atoms with Gasteiger partial charge in [-0.2, -0.15) is 0 Å². The Morgan fingerprint density at radius 3 is 2.58 bits per heavy atom. The van der Waals surface area contributed by atoms with Crippen LogP contribution in [0.3, 0.4) is 0 Å². The first-order chi connectivity index (χ1) is 8.86. The van der Waals surface area contributed by atoms with Crippen molar-refractivity contribution < 1.29 is 24.2 Å². The third-order valence-corrected chi connectivity index (χ3v) is 2.34. The molecule has 6 nitrogen and oxygen atoms in total. The summed E-state index contributed by atoms with van der Waals surface area (Å²) in [5.74, 6) is -0.491. The highest BCUT2D eigenvalue weighted by atomic mass is 16.6. The monoisotopic (exact) mass is 273 g/mol. The summed E-state index contributed by atoms with van der Waals surface area (Å²) in [5.41, 5.74) is 0.310. The topological polar surface area (TPSA) is 84.9 Å². The molecular formula is C13H23NO5. The molecule has 19 heavy (non-hydrogen) atoms. The number of esters is 1. The Morgan fingerprint density at radius 1 is 1.42 bits per heavy atom. The van der Waals surface area contributed by atoms with Crippen molar-refractivity contribution in [1.82, 2.24) is 5.32 Å². The number of ether oxygens (including phenoxy) is 2. The minimum atomic E-state index is -0.595. The normalized spacial score (nSPS) is 13.3. The average molecular weight is 273 g/mol. The summed E-state index contributed by atoms with van der Waals surface area (Å²) in [6.45, 7) is 8.77. The summed E-state index contributed by atoms with van der Waals surface area (Å²) < 4.78 is 9.80. The van der Waals surface area contributed by atoms with Gasteiger partial charge in [-0.25, -0.2) is 9.59 Å². The van der Waals surface area contributed by atoms with Gasteiger partial charge in [0.1, 0.15) is 12.7 Å². The summed E-state index contributed by atoms with van der Waals surface area (Å²) in [4.78, 5) is 22.4. The van der Waals surface area contributed by atoms with Crippen LogP contribution in [0.25, 0.3) is 0 Å². The molecule has 0 rings (SSSR count). The van der Waals surface area contributed by atoms with Crippen LogP contribution in [0.15, 0.2) is 12.2 Å². The van der Waals surface area contributed by atoms with Gasteiger partial charge in [-0.3, -0.25) is 0 Å². The van der Waals surface area contributed by atoms with Crippen LogP contribution in [0.5, 0.6) is 0 Å². The van der Waals surface area contributed by atoms with E-state index in [1.54, 1.807) is 13.8 Å². The maximum absolute atomic E-state index is 11.3. The Bertz CT molecular complexity index is 316. The number of carbonyl (C=O) groups excluding carboxylic acids is 2. The van der Waals surface area contributed by atoms with Gasteiger partial charge >= 0.3 is 12.1 Å². The molecule has 2 N–H and O–H groups in total. The number of aliphatic hydroxyl groups excluding tert-OH is 1. The molecule has 0 saturated heterocycles. The van der Waals surface area contributed by atoms with Gasteiger partial charge < -0.3 is 19.9 Å². The van der Waals surface area contributed by atoms with Crippen molar-refractivity contribution in [3.8, 4) is 0 Å². The highest BCUT2D eigenvalue weighted by Gasteiger charge is 2.13. The van der Waals surface area contributed by atoms with E-state index in [0.717, 1.165) is 0 Å². The summed E-state index contributed by atoms with van der Waals surface area (Å²) >= 11 is 0. The van der Waals surface area contributed by atoms with Gasteiger partial charge in [0.25, 0.3) is 0 Å². The molecule has 1 amide bonds. The molecule has 0 fully saturated rings. The maximum atomic E-state index is 11.3. The van der Waals surface area contributed by atoms with Gasteiger partial charge in [0.05, 0.1) is 12.6 Å². The van der Waals surface area contributed by atoms with Gasteiger partial charge in [-0.15, -0.1) is 0 Å². The molecule has 110 valence electrons. The second-order valence-electron chi connectivity index (χ2n) is 4.36. The van der Waals surface area contributed by atoms with E-state index in [9.17, 15) is 14.7 Å². The first-order valence-electron chi connectivity index (χ1n) is 6.32. The van der Waals surface area contributed by atoms with Gasteiger partial charge in [0.2, 0.25) is 0 Å². The average Bonchev–Trinajstić information content (AvgIpc) is 2.33. The second-order valence-corrected chi connectivity index (χ2v) is 4.36. The molecule has 0 aromatic carbocycles. The highest BCUT2D eigenvalue weighted by molar-refractivity contribution is 5.86. The quantitative estimate of drug-likeness (QED) is 0.396. The van der Waals surface area contributed by atoms with E-state index in [4.69, 9.17) is 9.47 Å². The molecule has 0 aromatic rings. The zero-order valence-electron chi connectivity index (χ0n) is 11.8. The Balaban J connectivity index is 3.70. The van der Waals surface area contributed by atoms with E-state index in [-0.39, 0.29) is 19.3 Å². The summed E-state index contributed by atoms with van der Waals surface area (Å²) in [6.07, 6.45) is -0.421. The van der Waals surface area contributed by atoms with Gasteiger partial charge in [0.15, 0.2) is 0 Å². The van der Waals surface area contributed by atoms with Gasteiger partial charge in [-0.05, 0) is 20.3 Å². The molecule has 0 spiro atoms. The van der Waals surface area contributed by atoms with E-state index in [1.165, 1.54) is 0 Å². The van der Waals surface area contributed by atoms with Crippen LogP contribution in [0, 0.1) is 0 Å². The zero-order chi connectivity index (χ0) is 14.8. The Hall–Kier alpha value is -1.56. The Morgan fingerprint density at radius 2 is 2.05 bits per heavy atom. The van der Waals surface area contributed by atoms with E-state index >= 15 is 0 Å². The lowest BCUT2D eigenvalue weighted by Crippen LogP contribution is -2.32. The minimum absolute atomic E-state index is 0.0623. The Labute approximate surface area is 113 Å². The maximum Gasteiger partial charge on any atom is 0.407 e.